The fourth-order valence-electron chi connectivity index (χ4n) is 1.23. The van der Waals surface area contributed by atoms with Gasteiger partial charge in [-0.1, -0.05) is 0 Å². The molecule has 0 aliphatic heterocycles. The van der Waals surface area contributed by atoms with E-state index in [9.17, 15) is 0 Å². The first-order chi connectivity index (χ1) is 7.98. The van der Waals surface area contributed by atoms with Crippen LogP contribution in [-0.2, 0) is 0 Å². The monoisotopic (exact) mass is 229 g/mol. The molecule has 88 valence electrons. The zero-order valence-corrected chi connectivity index (χ0v) is 10.0. The van der Waals surface area contributed by atoms with E-state index in [0.717, 1.165) is 0 Å². The van der Waals surface area contributed by atoms with Crippen LogP contribution in [-0.4, -0.2) is 6.61 Å². The molecule has 1 aromatic carbocycles. The summed E-state index contributed by atoms with van der Waals surface area (Å²) < 4.78 is 5.49. The van der Waals surface area contributed by atoms with Crippen LogP contribution in [0.25, 0.3) is 0 Å². The molecule has 17 heavy (non-hydrogen) atoms. The Labute approximate surface area is 101 Å². The standard InChI is InChI=1S/C13H15N3O/c1-13(2,9-15)5-6-17-12-4-3-11(16)7-10(12)8-14/h3-4,7H,5-6,16H2,1-2H3. The van der Waals surface area contributed by atoms with Crippen LogP contribution in [0.3, 0.4) is 0 Å². The molecule has 0 aliphatic rings. The zero-order chi connectivity index (χ0) is 12.9. The lowest BCUT2D eigenvalue weighted by Crippen LogP contribution is -2.13. The predicted molar refractivity (Wildman–Crippen MR) is 65.1 cm³/mol. The van der Waals surface area contributed by atoms with Gasteiger partial charge in [0.25, 0.3) is 0 Å². The van der Waals surface area contributed by atoms with Gasteiger partial charge in [0.05, 0.1) is 23.7 Å². The van der Waals surface area contributed by atoms with Crippen LogP contribution in [0.1, 0.15) is 25.8 Å². The number of rotatable bonds is 4. The number of nitrogens with zero attached hydrogens (tertiary/aromatic N) is 2. The van der Waals surface area contributed by atoms with Crippen LogP contribution in [0, 0.1) is 28.1 Å². The maximum atomic E-state index is 8.91. The van der Waals surface area contributed by atoms with Gasteiger partial charge in [-0.3, -0.25) is 0 Å². The van der Waals surface area contributed by atoms with Crippen molar-refractivity contribution in [2.75, 3.05) is 12.3 Å². The molecule has 0 spiro atoms. The SMILES string of the molecule is CC(C)(C#N)CCOc1ccc(N)cc1C#N. The second kappa shape index (κ2) is 5.23. The molecule has 2 N–H and O–H groups in total. The summed E-state index contributed by atoms with van der Waals surface area (Å²) in [5.74, 6) is 0.510. The third kappa shape index (κ3) is 3.70. The highest BCUT2D eigenvalue weighted by Gasteiger charge is 2.16. The smallest absolute Gasteiger partial charge is 0.137 e. The van der Waals surface area contributed by atoms with Crippen molar-refractivity contribution in [2.24, 2.45) is 5.41 Å². The van der Waals surface area contributed by atoms with Crippen molar-refractivity contribution in [3.63, 3.8) is 0 Å². The molecule has 0 amide bonds. The van der Waals surface area contributed by atoms with Crippen molar-refractivity contribution in [1.29, 1.82) is 10.5 Å². The Morgan fingerprint density at radius 1 is 1.35 bits per heavy atom. The average Bonchev–Trinajstić information content (AvgIpc) is 2.30. The van der Waals surface area contributed by atoms with E-state index in [1.54, 1.807) is 18.2 Å². The second-order valence-electron chi connectivity index (χ2n) is 4.46. The molecule has 0 heterocycles. The molecule has 0 saturated carbocycles. The van der Waals surface area contributed by atoms with Crippen LogP contribution in [0.5, 0.6) is 5.75 Å². The van der Waals surface area contributed by atoms with Crippen molar-refractivity contribution < 1.29 is 4.74 Å². The third-order valence-corrected chi connectivity index (χ3v) is 2.41. The largest absolute Gasteiger partial charge is 0.492 e. The molecular formula is C13H15N3O. The van der Waals surface area contributed by atoms with Crippen LogP contribution in [0.4, 0.5) is 5.69 Å². The summed E-state index contributed by atoms with van der Waals surface area (Å²) in [6, 6.07) is 9.16. The quantitative estimate of drug-likeness (QED) is 0.804. The highest BCUT2D eigenvalue weighted by Crippen LogP contribution is 2.23. The Morgan fingerprint density at radius 2 is 2.06 bits per heavy atom. The van der Waals surface area contributed by atoms with Crippen LogP contribution < -0.4 is 10.5 Å². The Hall–Kier alpha value is -2.20. The molecule has 1 aromatic rings. The first kappa shape index (κ1) is 12.9. The first-order valence-electron chi connectivity index (χ1n) is 5.32. The molecule has 4 heteroatoms. The summed E-state index contributed by atoms with van der Waals surface area (Å²) in [5, 5.41) is 17.8. The Balaban J connectivity index is 2.66. The molecule has 0 aromatic heterocycles. The Morgan fingerprint density at radius 3 is 2.65 bits per heavy atom. The van der Waals surface area contributed by atoms with Crippen molar-refractivity contribution >= 4 is 5.69 Å². The number of hydrogen-bond donors (Lipinski definition) is 1. The lowest BCUT2D eigenvalue weighted by Gasteiger charge is -2.15. The summed E-state index contributed by atoms with van der Waals surface area (Å²) in [7, 11) is 0. The highest BCUT2D eigenvalue weighted by atomic mass is 16.5. The van der Waals surface area contributed by atoms with Crippen molar-refractivity contribution in [1.82, 2.24) is 0 Å². The van der Waals surface area contributed by atoms with Gasteiger partial charge in [-0.05, 0) is 38.5 Å². The van der Waals surface area contributed by atoms with Gasteiger partial charge in [0.1, 0.15) is 11.8 Å². The van der Waals surface area contributed by atoms with E-state index >= 15 is 0 Å². The molecule has 4 nitrogen and oxygen atoms in total. The Bertz CT molecular complexity index is 480. The fraction of sp³-hybridized carbons (Fsp3) is 0.385. The topological polar surface area (TPSA) is 82.8 Å². The van der Waals surface area contributed by atoms with Crippen LogP contribution >= 0.6 is 0 Å². The number of ether oxygens (including phenoxy) is 1. The normalized spacial score (nSPS) is 10.4. The Kier molecular flexibility index (Phi) is 3.96. The molecule has 0 atom stereocenters. The second-order valence-corrected chi connectivity index (χ2v) is 4.46. The fourth-order valence-corrected chi connectivity index (χ4v) is 1.23. The van der Waals surface area contributed by atoms with Crippen LogP contribution in [0.15, 0.2) is 18.2 Å². The van der Waals surface area contributed by atoms with Gasteiger partial charge < -0.3 is 10.5 Å². The van der Waals surface area contributed by atoms with Gasteiger partial charge >= 0.3 is 0 Å². The van der Waals surface area contributed by atoms with Crippen molar-refractivity contribution in [3.05, 3.63) is 23.8 Å². The minimum absolute atomic E-state index is 0.402. The number of hydrogen-bond acceptors (Lipinski definition) is 4. The molecule has 0 saturated heterocycles. The van der Waals surface area contributed by atoms with Gasteiger partial charge in [-0.15, -0.1) is 0 Å². The minimum atomic E-state index is -0.416. The summed E-state index contributed by atoms with van der Waals surface area (Å²) >= 11 is 0. The third-order valence-electron chi connectivity index (χ3n) is 2.41. The lowest BCUT2D eigenvalue weighted by molar-refractivity contribution is 0.264. The minimum Gasteiger partial charge on any atom is -0.492 e. The van der Waals surface area contributed by atoms with E-state index in [-0.39, 0.29) is 0 Å². The van der Waals surface area contributed by atoms with Gasteiger partial charge in [-0.25, -0.2) is 0 Å². The van der Waals surface area contributed by atoms with E-state index in [1.807, 2.05) is 19.9 Å². The van der Waals surface area contributed by atoms with Gasteiger partial charge in [0.2, 0.25) is 0 Å². The maximum Gasteiger partial charge on any atom is 0.137 e. The van der Waals surface area contributed by atoms with Crippen LogP contribution in [0.2, 0.25) is 0 Å². The number of anilines is 1. The molecule has 0 unspecified atom stereocenters. The van der Waals surface area contributed by atoms with Gasteiger partial charge in [-0.2, -0.15) is 10.5 Å². The summed E-state index contributed by atoms with van der Waals surface area (Å²) in [6.45, 7) is 4.11. The van der Waals surface area contributed by atoms with E-state index in [4.69, 9.17) is 21.0 Å². The number of nitrogen functional groups attached to an aromatic ring is 1. The maximum absolute atomic E-state index is 8.91. The summed E-state index contributed by atoms with van der Waals surface area (Å²) in [4.78, 5) is 0. The zero-order valence-electron chi connectivity index (χ0n) is 10.0. The molecule has 0 bridgehead atoms. The molecule has 0 fully saturated rings. The van der Waals surface area contributed by atoms with E-state index in [1.165, 1.54) is 0 Å². The van der Waals surface area contributed by atoms with E-state index in [0.29, 0.717) is 30.0 Å². The molecule has 0 aliphatic carbocycles. The van der Waals surface area contributed by atoms with Crippen molar-refractivity contribution in [3.8, 4) is 17.9 Å². The summed E-state index contributed by atoms with van der Waals surface area (Å²) in [5.41, 5.74) is 6.11. The predicted octanol–water partition coefficient (Wildman–Crippen LogP) is 2.46. The molecule has 1 rings (SSSR count). The lowest BCUT2D eigenvalue weighted by atomic mass is 9.92. The van der Waals surface area contributed by atoms with E-state index in [2.05, 4.69) is 6.07 Å². The average molecular weight is 229 g/mol. The van der Waals surface area contributed by atoms with Gasteiger partial charge in [0.15, 0.2) is 0 Å². The summed E-state index contributed by atoms with van der Waals surface area (Å²) in [6.07, 6.45) is 0.610. The first-order valence-corrected chi connectivity index (χ1v) is 5.32. The van der Waals surface area contributed by atoms with E-state index < -0.39 is 5.41 Å². The highest BCUT2D eigenvalue weighted by molar-refractivity contribution is 5.53. The van der Waals surface area contributed by atoms with Gasteiger partial charge in [0, 0.05) is 5.69 Å². The van der Waals surface area contributed by atoms with Crippen molar-refractivity contribution in [2.45, 2.75) is 20.3 Å². The number of nitriles is 2. The molecular weight excluding hydrogens is 214 g/mol. The molecule has 0 radical (unpaired) electrons. The number of nitrogens with two attached hydrogens (primary N) is 1. The number of benzene rings is 1.